The Morgan fingerprint density at radius 2 is 2.03 bits per heavy atom. The van der Waals surface area contributed by atoms with Crippen LogP contribution in [-0.4, -0.2) is 55.4 Å². The van der Waals surface area contributed by atoms with E-state index in [9.17, 15) is 0 Å². The monoisotopic (exact) mass is 482 g/mol. The molecule has 6 rings (SSSR count). The van der Waals surface area contributed by atoms with Gasteiger partial charge in [0.1, 0.15) is 19.4 Å². The number of hydrogen-bond acceptors (Lipinski definition) is 5. The summed E-state index contributed by atoms with van der Waals surface area (Å²) in [5.41, 5.74) is 8.51. The number of rotatable bonds is 4. The van der Waals surface area contributed by atoms with Crippen molar-refractivity contribution in [1.29, 1.82) is 0 Å². The third-order valence-corrected chi connectivity index (χ3v) is 7.20. The maximum Gasteiger partial charge on any atom is 0.189 e. The largest absolute Gasteiger partial charge is 0.493 e. The van der Waals surface area contributed by atoms with Crippen LogP contribution in [-0.2, 0) is 9.47 Å². The lowest BCUT2D eigenvalue weighted by atomic mass is 9.73. The Bertz CT molecular complexity index is 1500. The Morgan fingerprint density at radius 3 is 2.78 bits per heavy atom. The number of hydrogen-bond donors (Lipinski definition) is 1. The Labute approximate surface area is 209 Å². The predicted octanol–water partition coefficient (Wildman–Crippen LogP) is 4.89. The minimum atomic E-state index is 0.0442. The Balaban J connectivity index is 1.61. The van der Waals surface area contributed by atoms with Crippen LogP contribution in [0.3, 0.4) is 0 Å². The smallest absolute Gasteiger partial charge is 0.189 e. The number of fused-ring (bicyclic) bond motifs is 4. The lowest BCUT2D eigenvalue weighted by Crippen LogP contribution is -2.34. The first-order chi connectivity index (χ1) is 17.6. The van der Waals surface area contributed by atoms with Crippen molar-refractivity contribution in [2.75, 3.05) is 34.7 Å². The molecule has 0 spiro atoms. The molecule has 1 aromatic heterocycles. The number of benzene rings is 2. The van der Waals surface area contributed by atoms with E-state index in [1.165, 1.54) is 5.56 Å². The van der Waals surface area contributed by atoms with Gasteiger partial charge in [-0.05, 0) is 46.5 Å². The van der Waals surface area contributed by atoms with Crippen LogP contribution in [0.4, 0.5) is 0 Å². The average molecular weight is 483 g/mol. The molecule has 2 atom stereocenters. The molecule has 0 amide bonds. The van der Waals surface area contributed by atoms with Crippen molar-refractivity contribution in [1.82, 2.24) is 9.97 Å². The van der Waals surface area contributed by atoms with Crippen molar-refractivity contribution < 1.29 is 23.5 Å². The maximum absolute atomic E-state index is 5.93. The fraction of sp³-hybridized carbons (Fsp3) is 0.241. The first-order valence-electron chi connectivity index (χ1n) is 11.9. The zero-order chi connectivity index (χ0) is 24.8. The van der Waals surface area contributed by atoms with Crippen LogP contribution in [0.5, 0.6) is 11.5 Å². The fourth-order valence-electron chi connectivity index (χ4n) is 5.55. The second-order valence-corrected chi connectivity index (χ2v) is 9.07. The van der Waals surface area contributed by atoms with E-state index in [1.54, 1.807) is 20.5 Å². The van der Waals surface area contributed by atoms with Gasteiger partial charge in [0.2, 0.25) is 0 Å². The fourth-order valence-corrected chi connectivity index (χ4v) is 5.55. The number of H-pyrrole nitrogens is 1. The number of aromatic amines is 1. The molecule has 7 nitrogen and oxygen atoms in total. The zero-order valence-corrected chi connectivity index (χ0v) is 20.6. The Kier molecular flexibility index (Phi) is 5.49. The molecule has 0 saturated carbocycles. The van der Waals surface area contributed by atoms with E-state index in [1.807, 2.05) is 18.2 Å². The highest BCUT2D eigenvalue weighted by molar-refractivity contribution is 5.94. The first-order valence-corrected chi connectivity index (χ1v) is 11.9. The summed E-state index contributed by atoms with van der Waals surface area (Å²) in [6.07, 6.45) is 10.3. The Hall–Kier alpha value is -4.10. The molecule has 0 bridgehead atoms. The van der Waals surface area contributed by atoms with Crippen molar-refractivity contribution in [2.24, 2.45) is 5.92 Å². The van der Waals surface area contributed by atoms with E-state index in [2.05, 4.69) is 64.7 Å². The molecule has 2 aromatic carbocycles. The molecule has 2 aliphatic heterocycles. The molecule has 0 radical (unpaired) electrons. The Morgan fingerprint density at radius 1 is 1.19 bits per heavy atom. The molecular formula is C29H28N3O4+. The zero-order valence-electron chi connectivity index (χ0n) is 20.6. The molecule has 1 N–H and O–H groups in total. The number of imidazole rings is 1. The van der Waals surface area contributed by atoms with Crippen LogP contribution in [0, 0.1) is 5.92 Å². The SMILES string of the molecule is C=C/C(=C1\C(=C2/COCO2)C=[N+](C)C2c3cc(OC)c(OC)cc3C=CC12)c1ccc2nc[nH]c2c1. The van der Waals surface area contributed by atoms with Crippen molar-refractivity contribution >= 4 is 28.9 Å². The summed E-state index contributed by atoms with van der Waals surface area (Å²) in [7, 11) is 5.44. The van der Waals surface area contributed by atoms with Crippen molar-refractivity contribution in [3.05, 3.63) is 89.0 Å². The predicted molar refractivity (Wildman–Crippen MR) is 139 cm³/mol. The molecule has 36 heavy (non-hydrogen) atoms. The topological polar surface area (TPSA) is 68.6 Å². The quantitative estimate of drug-likeness (QED) is 0.537. The second kappa shape index (κ2) is 8.84. The van der Waals surface area contributed by atoms with Gasteiger partial charge in [-0.3, -0.25) is 0 Å². The number of ether oxygens (including phenoxy) is 4. The van der Waals surface area contributed by atoms with Gasteiger partial charge in [-0.1, -0.05) is 30.9 Å². The standard InChI is InChI=1S/C29H28N3O4/c1-5-19(17-7-9-23-24(10-17)31-15-30-23)28-20-8-6-18-11-25(33-3)26(34-4)12-21(18)29(20)32(2)13-22(28)27-14-35-16-36-27/h5-13,15,20,29H,1,14,16H2,2-4H3,(H,30,31)/q+1/b27-22+,28-19+. The van der Waals surface area contributed by atoms with E-state index in [0.29, 0.717) is 6.61 Å². The molecule has 3 heterocycles. The van der Waals surface area contributed by atoms with E-state index in [0.717, 1.165) is 56.1 Å². The lowest BCUT2D eigenvalue weighted by Gasteiger charge is -2.34. The van der Waals surface area contributed by atoms with E-state index < -0.39 is 0 Å². The molecule has 3 aromatic rings. The molecule has 1 saturated heterocycles. The molecule has 1 aliphatic carbocycles. The number of nitrogens with zero attached hydrogens (tertiary/aromatic N) is 2. The summed E-state index contributed by atoms with van der Waals surface area (Å²) in [6.45, 7) is 4.93. The summed E-state index contributed by atoms with van der Waals surface area (Å²) in [4.78, 5) is 7.60. The van der Waals surface area contributed by atoms with Gasteiger partial charge in [0.05, 0.1) is 43.1 Å². The van der Waals surface area contributed by atoms with E-state index in [4.69, 9.17) is 18.9 Å². The van der Waals surface area contributed by atoms with Crippen molar-refractivity contribution in [3.8, 4) is 11.5 Å². The molecule has 182 valence electrons. The number of nitrogens with one attached hydrogen (secondary N) is 1. The third-order valence-electron chi connectivity index (χ3n) is 7.20. The summed E-state index contributed by atoms with van der Waals surface area (Å²) in [6, 6.07) is 10.4. The van der Waals surface area contributed by atoms with Crippen LogP contribution in [0.1, 0.15) is 22.7 Å². The van der Waals surface area contributed by atoms with Gasteiger partial charge in [0.15, 0.2) is 30.5 Å². The first kappa shape index (κ1) is 22.4. The van der Waals surface area contributed by atoms with Gasteiger partial charge in [0, 0.05) is 5.56 Å². The van der Waals surface area contributed by atoms with Crippen LogP contribution in [0.15, 0.2) is 72.3 Å². The minimum Gasteiger partial charge on any atom is -0.493 e. The maximum atomic E-state index is 5.93. The molecule has 2 unspecified atom stereocenters. The highest BCUT2D eigenvalue weighted by Crippen LogP contribution is 2.48. The highest BCUT2D eigenvalue weighted by atomic mass is 16.7. The summed E-state index contributed by atoms with van der Waals surface area (Å²) in [5.74, 6) is 2.32. The summed E-state index contributed by atoms with van der Waals surface area (Å²) >= 11 is 0. The summed E-state index contributed by atoms with van der Waals surface area (Å²) in [5, 5.41) is 0. The second-order valence-electron chi connectivity index (χ2n) is 9.07. The van der Waals surface area contributed by atoms with Crippen LogP contribution >= 0.6 is 0 Å². The number of allylic oxidation sites excluding steroid dienone is 3. The average Bonchev–Trinajstić information content (AvgIpc) is 3.61. The molecule has 3 aliphatic rings. The van der Waals surface area contributed by atoms with Gasteiger partial charge >= 0.3 is 0 Å². The highest BCUT2D eigenvalue weighted by Gasteiger charge is 2.43. The van der Waals surface area contributed by atoms with Crippen LogP contribution in [0.25, 0.3) is 22.7 Å². The normalized spacial score (nSPS) is 24.0. The molecule has 7 heteroatoms. The van der Waals surface area contributed by atoms with Gasteiger partial charge in [-0.25, -0.2) is 9.56 Å². The van der Waals surface area contributed by atoms with Crippen LogP contribution < -0.4 is 9.47 Å². The number of methoxy groups -OCH3 is 2. The van der Waals surface area contributed by atoms with E-state index >= 15 is 0 Å². The van der Waals surface area contributed by atoms with Gasteiger partial charge < -0.3 is 23.9 Å². The number of aromatic nitrogens is 2. The molecule has 1 fully saturated rings. The van der Waals surface area contributed by atoms with Crippen molar-refractivity contribution in [3.63, 3.8) is 0 Å². The van der Waals surface area contributed by atoms with Gasteiger partial charge in [-0.15, -0.1) is 0 Å². The minimum absolute atomic E-state index is 0.0442. The summed E-state index contributed by atoms with van der Waals surface area (Å²) < 4.78 is 25.0. The lowest BCUT2D eigenvalue weighted by molar-refractivity contribution is -0.548. The van der Waals surface area contributed by atoms with Crippen LogP contribution in [0.2, 0.25) is 0 Å². The van der Waals surface area contributed by atoms with E-state index in [-0.39, 0.29) is 18.8 Å². The van der Waals surface area contributed by atoms with Gasteiger partial charge in [-0.2, -0.15) is 0 Å². The van der Waals surface area contributed by atoms with Crippen molar-refractivity contribution in [2.45, 2.75) is 6.04 Å². The van der Waals surface area contributed by atoms with Gasteiger partial charge in [0.25, 0.3) is 0 Å². The molecular weight excluding hydrogens is 454 g/mol. The third kappa shape index (κ3) is 3.46.